The summed E-state index contributed by atoms with van der Waals surface area (Å²) in [6.45, 7) is 3.96. The molecule has 0 bridgehead atoms. The molecule has 1 rings (SSSR count). The van der Waals surface area contributed by atoms with E-state index < -0.39 is 0 Å². The fourth-order valence-electron chi connectivity index (χ4n) is 1.08. The second-order valence-electron chi connectivity index (χ2n) is 2.83. The Morgan fingerprint density at radius 2 is 2.25 bits per heavy atom. The molecule has 0 heterocycles. The summed E-state index contributed by atoms with van der Waals surface area (Å²) in [6, 6.07) is 8.29. The molecular formula is C10H15NO. The van der Waals surface area contributed by atoms with Crippen molar-refractivity contribution in [1.29, 1.82) is 0 Å². The van der Waals surface area contributed by atoms with Gasteiger partial charge in [-0.1, -0.05) is 29.8 Å². The summed E-state index contributed by atoms with van der Waals surface area (Å²) in [5.74, 6) is 0. The summed E-state index contributed by atoms with van der Waals surface area (Å²) in [4.78, 5) is 0. The number of rotatable bonds is 4. The van der Waals surface area contributed by atoms with E-state index in [9.17, 15) is 0 Å². The Morgan fingerprint density at radius 1 is 1.42 bits per heavy atom. The van der Waals surface area contributed by atoms with E-state index in [0.717, 1.165) is 0 Å². The van der Waals surface area contributed by atoms with Crippen molar-refractivity contribution in [1.82, 2.24) is 0 Å². The number of hydrogen-bond donors (Lipinski definition) is 1. The molecule has 0 aliphatic heterocycles. The van der Waals surface area contributed by atoms with Gasteiger partial charge >= 0.3 is 0 Å². The third-order valence-electron chi connectivity index (χ3n) is 1.61. The van der Waals surface area contributed by atoms with Crippen molar-refractivity contribution >= 4 is 0 Å². The SMILES string of the molecule is Cc1cccc(COCCN)c1. The highest BCUT2D eigenvalue weighted by molar-refractivity contribution is 5.21. The predicted molar refractivity (Wildman–Crippen MR) is 49.9 cm³/mol. The van der Waals surface area contributed by atoms with Crippen LogP contribution in [0.25, 0.3) is 0 Å². The van der Waals surface area contributed by atoms with Crippen molar-refractivity contribution in [2.45, 2.75) is 13.5 Å². The molecule has 0 atom stereocenters. The first-order valence-corrected chi connectivity index (χ1v) is 4.16. The average molecular weight is 165 g/mol. The number of benzene rings is 1. The minimum Gasteiger partial charge on any atom is -0.375 e. The van der Waals surface area contributed by atoms with Gasteiger partial charge in [-0.3, -0.25) is 0 Å². The molecule has 0 amide bonds. The van der Waals surface area contributed by atoms with Gasteiger partial charge in [-0.05, 0) is 12.5 Å². The van der Waals surface area contributed by atoms with Gasteiger partial charge in [0.25, 0.3) is 0 Å². The highest BCUT2D eigenvalue weighted by Crippen LogP contribution is 2.04. The van der Waals surface area contributed by atoms with Crippen LogP contribution in [-0.4, -0.2) is 13.2 Å². The van der Waals surface area contributed by atoms with Crippen molar-refractivity contribution in [3.8, 4) is 0 Å². The highest BCUT2D eigenvalue weighted by atomic mass is 16.5. The van der Waals surface area contributed by atoms with Crippen LogP contribution in [0.2, 0.25) is 0 Å². The van der Waals surface area contributed by atoms with Crippen molar-refractivity contribution in [3.63, 3.8) is 0 Å². The smallest absolute Gasteiger partial charge is 0.0717 e. The number of ether oxygens (including phenoxy) is 1. The Labute approximate surface area is 73.3 Å². The quantitative estimate of drug-likeness (QED) is 0.686. The molecule has 2 nitrogen and oxygen atoms in total. The molecule has 0 aromatic heterocycles. The summed E-state index contributed by atoms with van der Waals surface area (Å²) in [5.41, 5.74) is 7.78. The molecule has 12 heavy (non-hydrogen) atoms. The fourth-order valence-corrected chi connectivity index (χ4v) is 1.08. The molecule has 0 aliphatic carbocycles. The highest BCUT2D eigenvalue weighted by Gasteiger charge is 1.91. The van der Waals surface area contributed by atoms with Crippen LogP contribution in [0.4, 0.5) is 0 Å². The molecule has 1 aromatic rings. The van der Waals surface area contributed by atoms with E-state index >= 15 is 0 Å². The van der Waals surface area contributed by atoms with E-state index in [1.165, 1.54) is 11.1 Å². The summed E-state index contributed by atoms with van der Waals surface area (Å²) >= 11 is 0. The maximum atomic E-state index is 5.30. The van der Waals surface area contributed by atoms with Gasteiger partial charge in [-0.2, -0.15) is 0 Å². The van der Waals surface area contributed by atoms with E-state index in [-0.39, 0.29) is 0 Å². The van der Waals surface area contributed by atoms with Crippen molar-refractivity contribution < 1.29 is 4.74 Å². The molecule has 0 spiro atoms. The van der Waals surface area contributed by atoms with Gasteiger partial charge in [0.05, 0.1) is 13.2 Å². The number of nitrogens with two attached hydrogens (primary N) is 1. The molecule has 2 heteroatoms. The minimum atomic E-state index is 0.589. The Morgan fingerprint density at radius 3 is 2.92 bits per heavy atom. The third-order valence-corrected chi connectivity index (χ3v) is 1.61. The van der Waals surface area contributed by atoms with Gasteiger partial charge in [0.15, 0.2) is 0 Å². The van der Waals surface area contributed by atoms with Crippen molar-refractivity contribution in [2.75, 3.05) is 13.2 Å². The molecule has 2 N–H and O–H groups in total. The molecule has 66 valence electrons. The van der Waals surface area contributed by atoms with Crippen LogP contribution >= 0.6 is 0 Å². The first-order valence-electron chi connectivity index (χ1n) is 4.16. The lowest BCUT2D eigenvalue weighted by Gasteiger charge is -2.02. The lowest BCUT2D eigenvalue weighted by molar-refractivity contribution is 0.128. The van der Waals surface area contributed by atoms with Crippen LogP contribution in [0.1, 0.15) is 11.1 Å². The third kappa shape index (κ3) is 3.03. The van der Waals surface area contributed by atoms with Gasteiger partial charge in [0, 0.05) is 6.54 Å². The Hall–Kier alpha value is -0.860. The van der Waals surface area contributed by atoms with E-state index in [1.54, 1.807) is 0 Å². The van der Waals surface area contributed by atoms with E-state index in [2.05, 4.69) is 25.1 Å². The van der Waals surface area contributed by atoms with Crippen LogP contribution in [0, 0.1) is 6.92 Å². The van der Waals surface area contributed by atoms with Gasteiger partial charge in [0.1, 0.15) is 0 Å². The number of hydrogen-bond acceptors (Lipinski definition) is 2. The monoisotopic (exact) mass is 165 g/mol. The molecule has 0 radical (unpaired) electrons. The first-order chi connectivity index (χ1) is 5.83. The van der Waals surface area contributed by atoms with Crippen LogP contribution in [0.15, 0.2) is 24.3 Å². The molecular weight excluding hydrogens is 150 g/mol. The second-order valence-corrected chi connectivity index (χ2v) is 2.83. The maximum Gasteiger partial charge on any atom is 0.0717 e. The predicted octanol–water partition coefficient (Wildman–Crippen LogP) is 1.47. The summed E-state index contributed by atoms with van der Waals surface area (Å²) in [5, 5.41) is 0. The van der Waals surface area contributed by atoms with E-state index in [0.29, 0.717) is 19.8 Å². The maximum absolute atomic E-state index is 5.30. The second kappa shape index (κ2) is 4.91. The molecule has 0 fully saturated rings. The Bertz CT molecular complexity index is 235. The lowest BCUT2D eigenvalue weighted by atomic mass is 10.1. The summed E-state index contributed by atoms with van der Waals surface area (Å²) in [6.07, 6.45) is 0. The van der Waals surface area contributed by atoms with Crippen molar-refractivity contribution in [3.05, 3.63) is 35.4 Å². The largest absolute Gasteiger partial charge is 0.375 e. The van der Waals surface area contributed by atoms with Gasteiger partial charge < -0.3 is 10.5 Å². The standard InChI is InChI=1S/C10H15NO/c1-9-3-2-4-10(7-9)8-12-6-5-11/h2-4,7H,5-6,8,11H2,1H3. The Kier molecular flexibility index (Phi) is 3.77. The summed E-state index contributed by atoms with van der Waals surface area (Å²) in [7, 11) is 0. The lowest BCUT2D eigenvalue weighted by Crippen LogP contribution is -2.08. The summed E-state index contributed by atoms with van der Waals surface area (Å²) < 4.78 is 5.30. The van der Waals surface area contributed by atoms with Crippen LogP contribution in [-0.2, 0) is 11.3 Å². The topological polar surface area (TPSA) is 35.2 Å². The number of aryl methyl sites for hydroxylation is 1. The van der Waals surface area contributed by atoms with Crippen LogP contribution in [0.5, 0.6) is 0 Å². The normalized spacial score (nSPS) is 10.2. The zero-order valence-electron chi connectivity index (χ0n) is 7.42. The van der Waals surface area contributed by atoms with E-state index in [1.807, 2.05) is 6.07 Å². The molecule has 0 saturated heterocycles. The minimum absolute atomic E-state index is 0.589. The molecule has 0 unspecified atom stereocenters. The molecule has 0 aliphatic rings. The van der Waals surface area contributed by atoms with Gasteiger partial charge in [-0.25, -0.2) is 0 Å². The zero-order chi connectivity index (χ0) is 8.81. The fraction of sp³-hybridized carbons (Fsp3) is 0.400. The van der Waals surface area contributed by atoms with Crippen LogP contribution in [0.3, 0.4) is 0 Å². The van der Waals surface area contributed by atoms with Crippen molar-refractivity contribution in [2.24, 2.45) is 5.73 Å². The molecule has 0 saturated carbocycles. The van der Waals surface area contributed by atoms with E-state index in [4.69, 9.17) is 10.5 Å². The van der Waals surface area contributed by atoms with Gasteiger partial charge in [0.2, 0.25) is 0 Å². The van der Waals surface area contributed by atoms with Gasteiger partial charge in [-0.15, -0.1) is 0 Å². The average Bonchev–Trinajstić information content (AvgIpc) is 2.05. The van der Waals surface area contributed by atoms with Crippen LogP contribution < -0.4 is 5.73 Å². The zero-order valence-corrected chi connectivity index (χ0v) is 7.42. The Balaban J connectivity index is 2.41. The molecule has 1 aromatic carbocycles. The first kappa shape index (κ1) is 9.23.